The van der Waals surface area contributed by atoms with Crippen LogP contribution in [0, 0.1) is 11.3 Å². The second-order valence-electron chi connectivity index (χ2n) is 4.80. The van der Waals surface area contributed by atoms with Crippen molar-refractivity contribution in [2.45, 2.75) is 20.0 Å². The van der Waals surface area contributed by atoms with Crippen molar-refractivity contribution >= 4 is 0 Å². The summed E-state index contributed by atoms with van der Waals surface area (Å²) in [5.74, 6) is 0.794. The monoisotopic (exact) mass is 268 g/mol. The average molecular weight is 268 g/mol. The number of nitrogens with zero attached hydrogens (tertiary/aromatic N) is 2. The van der Waals surface area contributed by atoms with E-state index in [1.165, 1.54) is 4.57 Å². The number of pyridine rings is 1. The molecule has 4 heteroatoms. The lowest BCUT2D eigenvalue weighted by Crippen LogP contribution is -2.20. The summed E-state index contributed by atoms with van der Waals surface area (Å²) in [7, 11) is 1.66. The molecule has 0 amide bonds. The summed E-state index contributed by atoms with van der Waals surface area (Å²) in [6, 6.07) is 12.8. The topological polar surface area (TPSA) is 55.0 Å². The van der Waals surface area contributed by atoms with Crippen LogP contribution >= 0.6 is 0 Å². The quantitative estimate of drug-likeness (QED) is 0.860. The number of benzene rings is 1. The van der Waals surface area contributed by atoms with E-state index in [0.717, 1.165) is 17.0 Å². The summed E-state index contributed by atoms with van der Waals surface area (Å²) in [4.78, 5) is 11.9. The lowest BCUT2D eigenvalue weighted by molar-refractivity contribution is 0.242. The van der Waals surface area contributed by atoms with Crippen molar-refractivity contribution in [2.24, 2.45) is 7.05 Å². The van der Waals surface area contributed by atoms with Gasteiger partial charge in [-0.25, -0.2) is 0 Å². The van der Waals surface area contributed by atoms with Crippen LogP contribution < -0.4 is 10.3 Å². The number of hydrogen-bond acceptors (Lipinski definition) is 3. The first-order valence-electron chi connectivity index (χ1n) is 6.40. The molecule has 0 aliphatic carbocycles. The first-order valence-corrected chi connectivity index (χ1v) is 6.40. The van der Waals surface area contributed by atoms with Gasteiger partial charge >= 0.3 is 0 Å². The third kappa shape index (κ3) is 2.72. The molecule has 1 heterocycles. The van der Waals surface area contributed by atoms with Gasteiger partial charge in [-0.15, -0.1) is 0 Å². The Kier molecular flexibility index (Phi) is 3.90. The standard InChI is InChI=1S/C16H16N2O2/c1-11(2)20-14-7-4-12(5-8-14)15-9-6-13(10-17)16(19)18(15)3/h4-9,11H,1-3H3. The highest BCUT2D eigenvalue weighted by Gasteiger charge is 2.07. The minimum atomic E-state index is -0.285. The number of nitriles is 1. The van der Waals surface area contributed by atoms with E-state index < -0.39 is 0 Å². The molecule has 0 fully saturated rings. The highest BCUT2D eigenvalue weighted by atomic mass is 16.5. The van der Waals surface area contributed by atoms with Gasteiger partial charge in [0, 0.05) is 7.05 Å². The Morgan fingerprint density at radius 3 is 2.35 bits per heavy atom. The average Bonchev–Trinajstić information content (AvgIpc) is 2.42. The zero-order valence-corrected chi connectivity index (χ0v) is 11.8. The van der Waals surface area contributed by atoms with E-state index in [4.69, 9.17) is 10.00 Å². The first-order chi connectivity index (χ1) is 9.52. The van der Waals surface area contributed by atoms with E-state index in [2.05, 4.69) is 0 Å². The maximum Gasteiger partial charge on any atom is 0.268 e. The van der Waals surface area contributed by atoms with Crippen molar-refractivity contribution in [1.82, 2.24) is 4.57 Å². The van der Waals surface area contributed by atoms with Gasteiger partial charge in [-0.1, -0.05) is 0 Å². The molecule has 4 nitrogen and oxygen atoms in total. The molecule has 1 aromatic carbocycles. The fourth-order valence-corrected chi connectivity index (χ4v) is 1.99. The number of aromatic nitrogens is 1. The summed E-state index contributed by atoms with van der Waals surface area (Å²) in [6.45, 7) is 3.94. The van der Waals surface area contributed by atoms with Crippen molar-refractivity contribution in [1.29, 1.82) is 5.26 Å². The molecule has 0 radical (unpaired) electrons. The molecule has 0 N–H and O–H groups in total. The van der Waals surface area contributed by atoms with Crippen molar-refractivity contribution in [3.8, 4) is 23.1 Å². The zero-order chi connectivity index (χ0) is 14.7. The van der Waals surface area contributed by atoms with Crippen LogP contribution in [0.5, 0.6) is 5.75 Å². The molecule has 0 spiro atoms. The SMILES string of the molecule is CC(C)Oc1ccc(-c2ccc(C#N)c(=O)n2C)cc1. The second-order valence-corrected chi connectivity index (χ2v) is 4.80. The predicted octanol–water partition coefficient (Wildman–Crippen LogP) is 2.71. The van der Waals surface area contributed by atoms with Crippen molar-refractivity contribution in [3.63, 3.8) is 0 Å². The Hall–Kier alpha value is -2.54. The van der Waals surface area contributed by atoms with E-state index in [9.17, 15) is 4.79 Å². The van der Waals surface area contributed by atoms with Gasteiger partial charge < -0.3 is 9.30 Å². The molecule has 0 unspecified atom stereocenters. The Balaban J connectivity index is 2.40. The van der Waals surface area contributed by atoms with Crippen molar-refractivity contribution in [2.75, 3.05) is 0 Å². The molecule has 1 aromatic heterocycles. The smallest absolute Gasteiger partial charge is 0.268 e. The van der Waals surface area contributed by atoms with E-state index in [0.29, 0.717) is 0 Å². The number of ether oxygens (including phenoxy) is 1. The van der Waals surface area contributed by atoms with Gasteiger partial charge in [-0.05, 0) is 55.8 Å². The van der Waals surface area contributed by atoms with Crippen LogP contribution in [0.1, 0.15) is 19.4 Å². The highest BCUT2D eigenvalue weighted by molar-refractivity contribution is 5.61. The van der Waals surface area contributed by atoms with Gasteiger partial charge in [0.2, 0.25) is 0 Å². The molecule has 0 bridgehead atoms. The molecule has 0 atom stereocenters. The summed E-state index contributed by atoms with van der Waals surface area (Å²) >= 11 is 0. The molecular weight excluding hydrogens is 252 g/mol. The molecule has 0 saturated heterocycles. The van der Waals surface area contributed by atoms with Crippen LogP contribution in [0.3, 0.4) is 0 Å². The molecule has 0 aliphatic heterocycles. The van der Waals surface area contributed by atoms with E-state index in [1.807, 2.05) is 44.2 Å². The maximum atomic E-state index is 11.9. The summed E-state index contributed by atoms with van der Waals surface area (Å²) in [5, 5.41) is 8.84. The summed E-state index contributed by atoms with van der Waals surface area (Å²) in [5.41, 5.74) is 1.54. The van der Waals surface area contributed by atoms with Crippen molar-refractivity contribution < 1.29 is 4.74 Å². The highest BCUT2D eigenvalue weighted by Crippen LogP contribution is 2.21. The van der Waals surface area contributed by atoms with Crippen molar-refractivity contribution in [3.05, 3.63) is 52.3 Å². The Bertz CT molecular complexity index is 707. The Morgan fingerprint density at radius 2 is 1.80 bits per heavy atom. The molecule has 20 heavy (non-hydrogen) atoms. The Morgan fingerprint density at radius 1 is 1.15 bits per heavy atom. The lowest BCUT2D eigenvalue weighted by atomic mass is 10.1. The number of hydrogen-bond donors (Lipinski definition) is 0. The largest absolute Gasteiger partial charge is 0.491 e. The van der Waals surface area contributed by atoms with Gasteiger partial charge in [-0.3, -0.25) is 4.79 Å². The minimum absolute atomic E-state index is 0.125. The molecule has 2 aromatic rings. The fraction of sp³-hybridized carbons (Fsp3) is 0.250. The van der Waals surface area contributed by atoms with Crippen LogP contribution in [0.15, 0.2) is 41.2 Å². The molecule has 0 saturated carbocycles. The van der Waals surface area contributed by atoms with Crippen LogP contribution in [-0.4, -0.2) is 10.7 Å². The molecule has 2 rings (SSSR count). The van der Waals surface area contributed by atoms with E-state index in [-0.39, 0.29) is 17.2 Å². The number of rotatable bonds is 3. The minimum Gasteiger partial charge on any atom is -0.491 e. The third-order valence-corrected chi connectivity index (χ3v) is 2.95. The normalized spacial score (nSPS) is 10.3. The van der Waals surface area contributed by atoms with Gasteiger partial charge in [0.15, 0.2) is 0 Å². The van der Waals surface area contributed by atoms with E-state index in [1.54, 1.807) is 19.2 Å². The summed E-state index contributed by atoms with van der Waals surface area (Å²) < 4.78 is 7.07. The van der Waals surface area contributed by atoms with Crippen LogP contribution in [-0.2, 0) is 7.05 Å². The van der Waals surface area contributed by atoms with Gasteiger partial charge in [0.1, 0.15) is 17.4 Å². The summed E-state index contributed by atoms with van der Waals surface area (Å²) in [6.07, 6.45) is 0.125. The van der Waals surface area contributed by atoms with Gasteiger partial charge in [0.25, 0.3) is 5.56 Å². The van der Waals surface area contributed by atoms with Crippen LogP contribution in [0.25, 0.3) is 11.3 Å². The van der Waals surface area contributed by atoms with Crippen LogP contribution in [0.2, 0.25) is 0 Å². The zero-order valence-electron chi connectivity index (χ0n) is 11.8. The first kappa shape index (κ1) is 13.9. The lowest BCUT2D eigenvalue weighted by Gasteiger charge is -2.12. The molecule has 102 valence electrons. The third-order valence-electron chi connectivity index (χ3n) is 2.95. The Labute approximate surface area is 117 Å². The maximum absolute atomic E-state index is 11.9. The molecular formula is C16H16N2O2. The molecule has 0 aliphatic rings. The fourth-order valence-electron chi connectivity index (χ4n) is 1.99. The van der Waals surface area contributed by atoms with Crippen LogP contribution in [0.4, 0.5) is 0 Å². The second kappa shape index (κ2) is 5.62. The van der Waals surface area contributed by atoms with Gasteiger partial charge in [0.05, 0.1) is 11.8 Å². The van der Waals surface area contributed by atoms with Gasteiger partial charge in [-0.2, -0.15) is 5.26 Å². The van der Waals surface area contributed by atoms with E-state index >= 15 is 0 Å². The predicted molar refractivity (Wildman–Crippen MR) is 77.6 cm³/mol.